The van der Waals surface area contributed by atoms with Crippen LogP contribution in [-0.4, -0.2) is 30.3 Å². The average Bonchev–Trinajstić information content (AvgIpc) is 2.52. The minimum atomic E-state index is -0.943. The summed E-state index contributed by atoms with van der Waals surface area (Å²) in [6.45, 7) is 13.7. The second kappa shape index (κ2) is 9.80. The van der Waals surface area contributed by atoms with Crippen LogP contribution in [-0.2, 0) is 14.3 Å². The maximum atomic E-state index is 12.3. The highest BCUT2D eigenvalue weighted by molar-refractivity contribution is 5.83. The standard InChI is InChI=1S/C22H35NO4/c1-8-26-19(24)18(23-20(25)27-22(5,6)7)15-14-17(21(2,3)4)16-12-10-9-11-13-16/h12,15,18H,8-11,13H2,1-7H3,(H,23,25). The van der Waals surface area contributed by atoms with Gasteiger partial charge < -0.3 is 14.8 Å². The van der Waals surface area contributed by atoms with Gasteiger partial charge in [0.25, 0.3) is 0 Å². The highest BCUT2D eigenvalue weighted by Crippen LogP contribution is 2.35. The van der Waals surface area contributed by atoms with Gasteiger partial charge in [0.05, 0.1) is 6.61 Å². The van der Waals surface area contributed by atoms with Crippen molar-refractivity contribution < 1.29 is 19.1 Å². The highest BCUT2D eigenvalue weighted by atomic mass is 16.6. The van der Waals surface area contributed by atoms with E-state index in [0.717, 1.165) is 24.8 Å². The van der Waals surface area contributed by atoms with Crippen LogP contribution in [0.1, 0.15) is 74.1 Å². The number of hydrogen-bond acceptors (Lipinski definition) is 4. The Hall–Kier alpha value is -2.00. The van der Waals surface area contributed by atoms with E-state index >= 15 is 0 Å². The van der Waals surface area contributed by atoms with Gasteiger partial charge in [-0.2, -0.15) is 0 Å². The zero-order chi connectivity index (χ0) is 20.7. The van der Waals surface area contributed by atoms with Crippen LogP contribution in [0.3, 0.4) is 0 Å². The van der Waals surface area contributed by atoms with Gasteiger partial charge in [-0.3, -0.25) is 0 Å². The third-order valence-electron chi connectivity index (χ3n) is 3.97. The van der Waals surface area contributed by atoms with E-state index in [1.807, 2.05) is 0 Å². The summed E-state index contributed by atoms with van der Waals surface area (Å²) < 4.78 is 10.4. The highest BCUT2D eigenvalue weighted by Gasteiger charge is 2.25. The number of ether oxygens (including phenoxy) is 2. The molecular weight excluding hydrogens is 342 g/mol. The molecule has 27 heavy (non-hydrogen) atoms. The third kappa shape index (κ3) is 8.49. The number of carbonyl (C=O) groups is 2. The van der Waals surface area contributed by atoms with Crippen molar-refractivity contribution in [1.29, 1.82) is 0 Å². The number of rotatable bonds is 5. The summed E-state index contributed by atoms with van der Waals surface area (Å²) in [7, 11) is 0. The molecule has 1 atom stereocenters. The van der Waals surface area contributed by atoms with Crippen LogP contribution in [0.25, 0.3) is 0 Å². The van der Waals surface area contributed by atoms with Gasteiger partial charge in [0.15, 0.2) is 6.04 Å². The molecule has 0 heterocycles. The van der Waals surface area contributed by atoms with Crippen LogP contribution in [0.4, 0.5) is 4.79 Å². The second-order valence-electron chi connectivity index (χ2n) is 8.79. The fourth-order valence-corrected chi connectivity index (χ4v) is 2.86. The number of hydrogen-bond donors (Lipinski definition) is 1. The predicted octanol–water partition coefficient (Wildman–Crippen LogP) is 5.07. The Bertz CT molecular complexity index is 626. The smallest absolute Gasteiger partial charge is 0.408 e. The van der Waals surface area contributed by atoms with E-state index in [2.05, 4.69) is 37.9 Å². The Balaban J connectivity index is 3.18. The van der Waals surface area contributed by atoms with Gasteiger partial charge in [-0.1, -0.05) is 26.8 Å². The summed E-state index contributed by atoms with van der Waals surface area (Å²) in [4.78, 5) is 24.4. The quantitative estimate of drug-likeness (QED) is 0.536. The lowest BCUT2D eigenvalue weighted by Crippen LogP contribution is -2.43. The Kier molecular flexibility index (Phi) is 8.36. The van der Waals surface area contributed by atoms with Crippen LogP contribution in [0.5, 0.6) is 0 Å². The molecule has 0 saturated carbocycles. The first-order chi connectivity index (χ1) is 12.4. The second-order valence-corrected chi connectivity index (χ2v) is 8.79. The van der Waals surface area contributed by atoms with Crippen molar-refractivity contribution in [3.05, 3.63) is 29.0 Å². The van der Waals surface area contributed by atoms with Gasteiger partial charge >= 0.3 is 12.1 Å². The Morgan fingerprint density at radius 1 is 1.22 bits per heavy atom. The van der Waals surface area contributed by atoms with E-state index in [1.54, 1.807) is 33.8 Å². The van der Waals surface area contributed by atoms with Crippen molar-refractivity contribution in [1.82, 2.24) is 5.32 Å². The molecule has 0 saturated heterocycles. The minimum absolute atomic E-state index is 0.120. The molecule has 1 unspecified atom stereocenters. The number of alkyl carbamates (subject to hydrolysis) is 1. The number of nitrogens with one attached hydrogen (secondary N) is 1. The molecule has 152 valence electrons. The number of esters is 1. The van der Waals surface area contributed by atoms with Crippen molar-refractivity contribution in [3.63, 3.8) is 0 Å². The molecule has 5 heteroatoms. The van der Waals surface area contributed by atoms with Crippen molar-refractivity contribution in [2.24, 2.45) is 5.41 Å². The lowest BCUT2D eigenvalue weighted by atomic mass is 9.79. The minimum Gasteiger partial charge on any atom is -0.464 e. The molecule has 1 rings (SSSR count). The molecule has 1 N–H and O–H groups in total. The first-order valence-electron chi connectivity index (χ1n) is 9.77. The molecule has 0 bridgehead atoms. The number of amides is 1. The number of carbonyl (C=O) groups excluding carboxylic acids is 2. The molecule has 0 aromatic carbocycles. The SMILES string of the molecule is CCOC(=O)C(C=C=C(C1=CCCCC1)C(C)(C)C)NC(=O)OC(C)(C)C. The first-order valence-corrected chi connectivity index (χ1v) is 9.77. The summed E-state index contributed by atoms with van der Waals surface area (Å²) in [5.41, 5.74) is 4.85. The number of allylic oxidation sites excluding steroid dienone is 2. The van der Waals surface area contributed by atoms with Crippen molar-refractivity contribution in [3.8, 4) is 0 Å². The Morgan fingerprint density at radius 2 is 1.89 bits per heavy atom. The van der Waals surface area contributed by atoms with Crippen LogP contribution < -0.4 is 5.32 Å². The zero-order valence-corrected chi connectivity index (χ0v) is 17.9. The summed E-state index contributed by atoms with van der Waals surface area (Å²) in [5.74, 6) is -0.526. The molecule has 0 fully saturated rings. The van der Waals surface area contributed by atoms with Crippen molar-refractivity contribution in [2.75, 3.05) is 6.61 Å². The summed E-state index contributed by atoms with van der Waals surface area (Å²) >= 11 is 0. The van der Waals surface area contributed by atoms with Crippen LogP contribution in [0.2, 0.25) is 0 Å². The summed E-state index contributed by atoms with van der Waals surface area (Å²) in [6, 6.07) is -0.943. The lowest BCUT2D eigenvalue weighted by molar-refractivity contribution is -0.144. The van der Waals surface area contributed by atoms with E-state index < -0.39 is 23.7 Å². The first kappa shape index (κ1) is 23.0. The summed E-state index contributed by atoms with van der Waals surface area (Å²) in [5, 5.41) is 2.58. The Morgan fingerprint density at radius 3 is 2.37 bits per heavy atom. The normalized spacial score (nSPS) is 15.7. The molecule has 0 radical (unpaired) electrons. The van der Waals surface area contributed by atoms with Crippen molar-refractivity contribution in [2.45, 2.75) is 85.8 Å². The van der Waals surface area contributed by atoms with Gasteiger partial charge in [0.2, 0.25) is 0 Å². The molecule has 0 spiro atoms. The molecule has 1 amide bonds. The van der Waals surface area contributed by atoms with Gasteiger partial charge in [-0.15, -0.1) is 5.73 Å². The fraction of sp³-hybridized carbons (Fsp3) is 0.682. The molecule has 5 nitrogen and oxygen atoms in total. The molecule has 0 aliphatic heterocycles. The summed E-state index contributed by atoms with van der Waals surface area (Å²) in [6.07, 6.45) is 7.61. The zero-order valence-electron chi connectivity index (χ0n) is 17.9. The monoisotopic (exact) mass is 377 g/mol. The maximum Gasteiger partial charge on any atom is 0.408 e. The molecule has 0 aromatic rings. The lowest BCUT2D eigenvalue weighted by Gasteiger charge is -2.26. The van der Waals surface area contributed by atoms with Gasteiger partial charge in [-0.25, -0.2) is 9.59 Å². The van der Waals surface area contributed by atoms with Gasteiger partial charge in [-0.05, 0) is 70.4 Å². The molecule has 0 aromatic heterocycles. The van der Waals surface area contributed by atoms with Crippen molar-refractivity contribution >= 4 is 12.1 Å². The van der Waals surface area contributed by atoms with Crippen LogP contribution >= 0.6 is 0 Å². The fourth-order valence-electron chi connectivity index (χ4n) is 2.86. The van der Waals surface area contributed by atoms with E-state index in [4.69, 9.17) is 9.47 Å². The van der Waals surface area contributed by atoms with Crippen LogP contribution in [0, 0.1) is 5.41 Å². The third-order valence-corrected chi connectivity index (χ3v) is 3.97. The van der Waals surface area contributed by atoms with Gasteiger partial charge in [0, 0.05) is 5.57 Å². The molecule has 1 aliphatic rings. The van der Waals surface area contributed by atoms with Crippen LogP contribution in [0.15, 0.2) is 29.0 Å². The van der Waals surface area contributed by atoms with E-state index in [-0.39, 0.29) is 12.0 Å². The van der Waals surface area contributed by atoms with E-state index in [9.17, 15) is 9.59 Å². The average molecular weight is 378 g/mol. The van der Waals surface area contributed by atoms with Gasteiger partial charge in [0.1, 0.15) is 5.60 Å². The predicted molar refractivity (Wildman–Crippen MR) is 107 cm³/mol. The largest absolute Gasteiger partial charge is 0.464 e. The molecular formula is C22H35NO4. The maximum absolute atomic E-state index is 12.3. The van der Waals surface area contributed by atoms with E-state index in [0.29, 0.717) is 0 Å². The Labute approximate surface area is 163 Å². The topological polar surface area (TPSA) is 64.6 Å². The molecule has 1 aliphatic carbocycles. The van der Waals surface area contributed by atoms with E-state index in [1.165, 1.54) is 12.0 Å².